The number of hydrogen-bond acceptors (Lipinski definition) is 10. The van der Waals surface area contributed by atoms with Gasteiger partial charge in [0, 0.05) is 0 Å². The molecule has 0 spiro atoms. The van der Waals surface area contributed by atoms with Crippen molar-refractivity contribution >= 4 is 66.7 Å². The highest BCUT2D eigenvalue weighted by Gasteiger charge is 2.06. The van der Waals surface area contributed by atoms with Gasteiger partial charge >= 0.3 is 0 Å². The van der Waals surface area contributed by atoms with Gasteiger partial charge in [0.25, 0.3) is 0 Å². The molecule has 4 nitrogen and oxygen atoms in total. The van der Waals surface area contributed by atoms with Crippen LogP contribution in [0.5, 0.6) is 0 Å². The summed E-state index contributed by atoms with van der Waals surface area (Å²) >= 11 is 7.24. The summed E-state index contributed by atoms with van der Waals surface area (Å²) in [6, 6.07) is 0. The predicted molar refractivity (Wildman–Crippen MR) is 76.6 cm³/mol. The summed E-state index contributed by atoms with van der Waals surface area (Å²) in [5.74, 6) is 0.846. The Morgan fingerprint density at radius 2 is 1.94 bits per heavy atom. The second kappa shape index (κ2) is 6.45. The second-order valence-electron chi connectivity index (χ2n) is 2.49. The summed E-state index contributed by atoms with van der Waals surface area (Å²) in [4.78, 5) is 0. The molecule has 10 heteroatoms. The summed E-state index contributed by atoms with van der Waals surface area (Å²) in [7, 11) is 4.63. The van der Waals surface area contributed by atoms with E-state index in [1.165, 1.54) is 10.8 Å². The van der Waals surface area contributed by atoms with Crippen molar-refractivity contribution in [3.8, 4) is 0 Å². The van der Waals surface area contributed by atoms with Gasteiger partial charge in [-0.2, -0.15) is 0 Å². The fraction of sp³-hybridized carbons (Fsp3) is 0.333. The number of aromatic nitrogens is 4. The zero-order valence-corrected chi connectivity index (χ0v) is 13.0. The van der Waals surface area contributed by atoms with Gasteiger partial charge in [0.1, 0.15) is 10.0 Å². The molecule has 0 aliphatic rings. The van der Waals surface area contributed by atoms with E-state index in [1.54, 1.807) is 44.3 Å². The van der Waals surface area contributed by atoms with Crippen LogP contribution in [0, 0.1) is 6.92 Å². The maximum Gasteiger partial charge on any atom is 0.185 e. The van der Waals surface area contributed by atoms with Gasteiger partial charge in [-0.1, -0.05) is 22.1 Å². The van der Waals surface area contributed by atoms with Crippen molar-refractivity contribution in [1.82, 2.24) is 20.4 Å². The lowest BCUT2D eigenvalue weighted by Gasteiger charge is -1.91. The summed E-state index contributed by atoms with van der Waals surface area (Å²) in [6.07, 6.45) is 0. The zero-order chi connectivity index (χ0) is 11.4. The molecule has 0 saturated heterocycles. The molecule has 2 heterocycles. The van der Waals surface area contributed by atoms with Gasteiger partial charge in [0.15, 0.2) is 8.68 Å². The molecule has 0 aliphatic heterocycles. The fourth-order valence-electron chi connectivity index (χ4n) is 0.794. The first kappa shape index (κ1) is 13.0. The number of thiol groups is 1. The van der Waals surface area contributed by atoms with Crippen LogP contribution in [0.15, 0.2) is 8.68 Å². The second-order valence-corrected chi connectivity index (χ2v) is 8.65. The normalized spacial score (nSPS) is 10.9. The van der Waals surface area contributed by atoms with Crippen LogP contribution in [-0.2, 0) is 5.75 Å². The topological polar surface area (TPSA) is 51.6 Å². The third-order valence-electron chi connectivity index (χ3n) is 1.35. The Balaban J connectivity index is 1.79. The summed E-state index contributed by atoms with van der Waals surface area (Å²) in [6.45, 7) is 1.96. The van der Waals surface area contributed by atoms with Gasteiger partial charge in [-0.25, -0.2) is 0 Å². The van der Waals surface area contributed by atoms with E-state index in [9.17, 15) is 0 Å². The Morgan fingerprint density at radius 1 is 1.12 bits per heavy atom. The van der Waals surface area contributed by atoms with Crippen molar-refractivity contribution in [2.24, 2.45) is 0 Å². The third kappa shape index (κ3) is 3.77. The third-order valence-corrected chi connectivity index (χ3v) is 7.24. The average molecular weight is 327 g/mol. The molecule has 0 N–H and O–H groups in total. The molecule has 0 unspecified atom stereocenters. The first-order valence-electron chi connectivity index (χ1n) is 4.01. The van der Waals surface area contributed by atoms with Crippen LogP contribution < -0.4 is 0 Å². The molecular formula is C6H6N4S6. The Bertz CT molecular complexity index is 453. The Kier molecular flexibility index (Phi) is 5.23. The lowest BCUT2D eigenvalue weighted by molar-refractivity contribution is 0.959. The lowest BCUT2D eigenvalue weighted by Crippen LogP contribution is -1.76. The standard InChI is InChI=1S/C6H6N4S6/c1-3-7-8-4(13-3)2-12-16-6-10-9-5(14-6)15-11/h11H,2H2,1H3. The van der Waals surface area contributed by atoms with E-state index < -0.39 is 0 Å². The quantitative estimate of drug-likeness (QED) is 0.666. The van der Waals surface area contributed by atoms with Crippen molar-refractivity contribution in [3.63, 3.8) is 0 Å². The van der Waals surface area contributed by atoms with E-state index >= 15 is 0 Å². The maximum atomic E-state index is 4.07. The van der Waals surface area contributed by atoms with Crippen LogP contribution in [0.2, 0.25) is 0 Å². The number of aryl methyl sites for hydroxylation is 1. The van der Waals surface area contributed by atoms with E-state index in [2.05, 4.69) is 32.1 Å². The van der Waals surface area contributed by atoms with Gasteiger partial charge in [0.2, 0.25) is 0 Å². The van der Waals surface area contributed by atoms with E-state index in [0.717, 1.165) is 24.4 Å². The number of nitrogens with zero attached hydrogens (tertiary/aromatic N) is 4. The predicted octanol–water partition coefficient (Wildman–Crippen LogP) is 3.58. The van der Waals surface area contributed by atoms with Crippen molar-refractivity contribution in [3.05, 3.63) is 10.0 Å². The molecule has 0 radical (unpaired) electrons. The van der Waals surface area contributed by atoms with Gasteiger partial charge in [0.05, 0.1) is 5.75 Å². The average Bonchev–Trinajstić information content (AvgIpc) is 2.88. The van der Waals surface area contributed by atoms with Crippen LogP contribution in [0.1, 0.15) is 10.0 Å². The fourth-order valence-corrected chi connectivity index (χ4v) is 5.73. The van der Waals surface area contributed by atoms with Crippen molar-refractivity contribution in [2.45, 2.75) is 21.4 Å². The molecule has 0 atom stereocenters. The Morgan fingerprint density at radius 3 is 2.56 bits per heavy atom. The van der Waals surface area contributed by atoms with E-state index in [4.69, 9.17) is 0 Å². The summed E-state index contributed by atoms with van der Waals surface area (Å²) < 4.78 is 1.82. The van der Waals surface area contributed by atoms with Gasteiger partial charge in [-0.15, -0.1) is 43.4 Å². The van der Waals surface area contributed by atoms with E-state index in [0.29, 0.717) is 0 Å². The van der Waals surface area contributed by atoms with E-state index in [1.807, 2.05) is 6.92 Å². The molecule has 0 saturated carbocycles. The van der Waals surface area contributed by atoms with Gasteiger partial charge in [-0.3, -0.25) is 0 Å². The maximum absolute atomic E-state index is 4.07. The van der Waals surface area contributed by atoms with Crippen LogP contribution in [0.25, 0.3) is 0 Å². The molecular weight excluding hydrogens is 320 g/mol. The Hall–Kier alpha value is 0.520. The molecule has 2 rings (SSSR count). The number of rotatable bonds is 5. The van der Waals surface area contributed by atoms with Crippen LogP contribution in [-0.4, -0.2) is 20.4 Å². The minimum absolute atomic E-state index is 0.846. The molecule has 2 aromatic rings. The smallest absolute Gasteiger partial charge is 0.144 e. The van der Waals surface area contributed by atoms with Crippen molar-refractivity contribution < 1.29 is 0 Å². The first-order chi connectivity index (χ1) is 7.78. The minimum atomic E-state index is 0.846. The molecule has 0 aromatic carbocycles. The van der Waals surface area contributed by atoms with Crippen molar-refractivity contribution in [2.75, 3.05) is 0 Å². The Labute approximate surface area is 118 Å². The number of hydrogen-bond donors (Lipinski definition) is 1. The molecule has 16 heavy (non-hydrogen) atoms. The highest BCUT2D eigenvalue weighted by atomic mass is 33.1. The minimum Gasteiger partial charge on any atom is -0.144 e. The van der Waals surface area contributed by atoms with Crippen molar-refractivity contribution in [1.29, 1.82) is 0 Å². The van der Waals surface area contributed by atoms with Crippen LogP contribution in [0.3, 0.4) is 0 Å². The lowest BCUT2D eigenvalue weighted by atomic mass is 10.8. The SMILES string of the molecule is Cc1nnc(CSSc2nnc(SS)s2)s1. The molecule has 0 fully saturated rings. The molecule has 0 aliphatic carbocycles. The largest absolute Gasteiger partial charge is 0.185 e. The monoisotopic (exact) mass is 326 g/mol. The zero-order valence-electron chi connectivity index (χ0n) is 7.98. The van der Waals surface area contributed by atoms with Gasteiger partial charge in [-0.05, 0) is 28.5 Å². The molecule has 0 bridgehead atoms. The van der Waals surface area contributed by atoms with E-state index in [-0.39, 0.29) is 0 Å². The highest BCUT2D eigenvalue weighted by molar-refractivity contribution is 8.76. The molecule has 0 amide bonds. The molecule has 86 valence electrons. The van der Waals surface area contributed by atoms with Gasteiger partial charge < -0.3 is 0 Å². The van der Waals surface area contributed by atoms with Crippen LogP contribution in [0.4, 0.5) is 0 Å². The summed E-state index contributed by atoms with van der Waals surface area (Å²) in [5, 5.41) is 18.1. The molecule has 2 aromatic heterocycles. The highest BCUT2D eigenvalue weighted by Crippen LogP contribution is 2.38. The first-order valence-corrected chi connectivity index (χ1v) is 9.83. The summed E-state index contributed by atoms with van der Waals surface area (Å²) in [5.41, 5.74) is 0. The van der Waals surface area contributed by atoms with Crippen LogP contribution >= 0.6 is 66.7 Å².